The van der Waals surface area contributed by atoms with Crippen molar-refractivity contribution in [2.75, 3.05) is 26.7 Å². The monoisotopic (exact) mass is 364 g/mol. The highest BCUT2D eigenvalue weighted by Gasteiger charge is 2.30. The van der Waals surface area contributed by atoms with Crippen LogP contribution in [0.3, 0.4) is 0 Å². The van der Waals surface area contributed by atoms with Crippen molar-refractivity contribution in [1.82, 2.24) is 9.80 Å². The predicted molar refractivity (Wildman–Crippen MR) is 105 cm³/mol. The Morgan fingerprint density at radius 2 is 1.78 bits per heavy atom. The highest BCUT2D eigenvalue weighted by molar-refractivity contribution is 6.08. The lowest BCUT2D eigenvalue weighted by Gasteiger charge is -2.21. The van der Waals surface area contributed by atoms with Gasteiger partial charge in [-0.05, 0) is 25.1 Å². The summed E-state index contributed by atoms with van der Waals surface area (Å²) in [7, 11) is 1.75. The van der Waals surface area contributed by atoms with Gasteiger partial charge >= 0.3 is 0 Å². The maximum absolute atomic E-state index is 12.5. The third-order valence-corrected chi connectivity index (χ3v) is 4.73. The smallest absolute Gasteiger partial charge is 0.258 e. The number of benzene rings is 2. The van der Waals surface area contributed by atoms with E-state index in [2.05, 4.69) is 6.58 Å². The van der Waals surface area contributed by atoms with Gasteiger partial charge in [-0.2, -0.15) is 0 Å². The second-order valence-corrected chi connectivity index (χ2v) is 6.68. The molecule has 0 N–H and O–H groups in total. The highest BCUT2D eigenvalue weighted by atomic mass is 16.5. The molecule has 0 saturated carbocycles. The molecule has 0 spiro atoms. The lowest BCUT2D eigenvalue weighted by Crippen LogP contribution is -2.34. The molecule has 27 heavy (non-hydrogen) atoms. The number of hydrogen-bond acceptors (Lipinski definition) is 3. The van der Waals surface area contributed by atoms with Gasteiger partial charge in [-0.15, -0.1) is 0 Å². The van der Waals surface area contributed by atoms with Gasteiger partial charge in [0.2, 0.25) is 5.91 Å². The van der Waals surface area contributed by atoms with Crippen molar-refractivity contribution >= 4 is 17.5 Å². The van der Waals surface area contributed by atoms with E-state index in [0.717, 1.165) is 11.3 Å². The van der Waals surface area contributed by atoms with Crippen LogP contribution in [0, 0.1) is 6.92 Å². The molecule has 1 heterocycles. The van der Waals surface area contributed by atoms with E-state index in [0.29, 0.717) is 31.0 Å². The van der Waals surface area contributed by atoms with Gasteiger partial charge in [0.1, 0.15) is 12.4 Å². The van der Waals surface area contributed by atoms with Gasteiger partial charge < -0.3 is 14.5 Å². The molecule has 2 amide bonds. The zero-order valence-electron chi connectivity index (χ0n) is 15.8. The Bertz CT molecular complexity index is 823. The third kappa shape index (κ3) is 4.19. The molecule has 0 unspecified atom stereocenters. The molecule has 140 valence electrons. The summed E-state index contributed by atoms with van der Waals surface area (Å²) < 4.78 is 5.66. The van der Waals surface area contributed by atoms with E-state index >= 15 is 0 Å². The number of aryl methyl sites for hydroxylation is 1. The lowest BCUT2D eigenvalue weighted by molar-refractivity contribution is -0.130. The third-order valence-electron chi connectivity index (χ3n) is 4.73. The Kier molecular flexibility index (Phi) is 5.60. The molecule has 0 saturated heterocycles. The van der Waals surface area contributed by atoms with Crippen molar-refractivity contribution in [2.24, 2.45) is 0 Å². The summed E-state index contributed by atoms with van der Waals surface area (Å²) in [6.07, 6.45) is 0.250. The zero-order chi connectivity index (χ0) is 19.4. The largest absolute Gasteiger partial charge is 0.492 e. The maximum Gasteiger partial charge on any atom is 0.258 e. The molecule has 3 rings (SSSR count). The second kappa shape index (κ2) is 8.08. The molecule has 0 aromatic heterocycles. The van der Waals surface area contributed by atoms with E-state index in [-0.39, 0.29) is 18.2 Å². The molecule has 2 aromatic rings. The summed E-state index contributed by atoms with van der Waals surface area (Å²) in [4.78, 5) is 28.1. The Hall–Kier alpha value is -3.08. The number of carbonyl (C=O) groups is 2. The van der Waals surface area contributed by atoms with Crippen molar-refractivity contribution in [3.05, 3.63) is 71.8 Å². The highest BCUT2D eigenvalue weighted by Crippen LogP contribution is 2.31. The Labute approximate surface area is 159 Å². The van der Waals surface area contributed by atoms with Crippen LogP contribution in [0.25, 0.3) is 5.70 Å². The summed E-state index contributed by atoms with van der Waals surface area (Å²) >= 11 is 0. The summed E-state index contributed by atoms with van der Waals surface area (Å²) in [6, 6.07) is 15.2. The summed E-state index contributed by atoms with van der Waals surface area (Å²) in [5.74, 6) is 0.672. The first-order valence-electron chi connectivity index (χ1n) is 9.01. The van der Waals surface area contributed by atoms with Crippen LogP contribution in [-0.2, 0) is 4.79 Å². The molecule has 0 atom stereocenters. The zero-order valence-corrected chi connectivity index (χ0v) is 15.8. The Balaban J connectivity index is 1.46. The van der Waals surface area contributed by atoms with Crippen molar-refractivity contribution in [1.29, 1.82) is 0 Å². The lowest BCUT2D eigenvalue weighted by atomic mass is 10.1. The van der Waals surface area contributed by atoms with Gasteiger partial charge in [-0.1, -0.05) is 42.5 Å². The summed E-state index contributed by atoms with van der Waals surface area (Å²) in [5, 5.41) is 0. The van der Waals surface area contributed by atoms with E-state index in [1.165, 1.54) is 5.56 Å². The van der Waals surface area contributed by atoms with Crippen molar-refractivity contribution in [3.63, 3.8) is 0 Å². The van der Waals surface area contributed by atoms with E-state index in [1.54, 1.807) is 22.9 Å². The molecular formula is C22H24N2O3. The van der Waals surface area contributed by atoms with Gasteiger partial charge in [-0.25, -0.2) is 0 Å². The van der Waals surface area contributed by atoms with E-state index in [4.69, 9.17) is 4.74 Å². The van der Waals surface area contributed by atoms with Crippen LogP contribution >= 0.6 is 0 Å². The Morgan fingerprint density at radius 1 is 1.11 bits per heavy atom. The minimum atomic E-state index is -0.0891. The molecule has 5 nitrogen and oxygen atoms in total. The van der Waals surface area contributed by atoms with E-state index in [9.17, 15) is 9.59 Å². The van der Waals surface area contributed by atoms with Gasteiger partial charge in [0.15, 0.2) is 0 Å². The number of nitrogens with zero attached hydrogens (tertiary/aromatic N) is 2. The van der Waals surface area contributed by atoms with Gasteiger partial charge in [-0.3, -0.25) is 9.59 Å². The summed E-state index contributed by atoms with van der Waals surface area (Å²) in [5.41, 5.74) is 3.33. The fraction of sp³-hybridized carbons (Fsp3) is 0.273. The molecule has 1 aliphatic rings. The Morgan fingerprint density at radius 3 is 2.44 bits per heavy atom. The van der Waals surface area contributed by atoms with Crippen molar-refractivity contribution in [2.45, 2.75) is 13.3 Å². The van der Waals surface area contributed by atoms with Crippen LogP contribution in [0.15, 0.2) is 55.1 Å². The van der Waals surface area contributed by atoms with E-state index in [1.807, 2.05) is 49.4 Å². The molecule has 0 bridgehead atoms. The minimum Gasteiger partial charge on any atom is -0.492 e. The molecule has 0 radical (unpaired) electrons. The van der Waals surface area contributed by atoms with Gasteiger partial charge in [0.05, 0.1) is 6.54 Å². The second-order valence-electron chi connectivity index (χ2n) is 6.68. The normalized spacial score (nSPS) is 12.9. The minimum absolute atomic E-state index is 0.0286. The first-order valence-corrected chi connectivity index (χ1v) is 9.01. The van der Waals surface area contributed by atoms with Crippen LogP contribution in [0.4, 0.5) is 0 Å². The fourth-order valence-corrected chi connectivity index (χ4v) is 3.03. The topological polar surface area (TPSA) is 49.9 Å². The van der Waals surface area contributed by atoms with Crippen LogP contribution in [0.1, 0.15) is 27.9 Å². The number of likely N-dealkylation sites (N-methyl/N-ethyl adjacent to an activating group) is 1. The number of rotatable bonds is 7. The maximum atomic E-state index is 12.5. The van der Waals surface area contributed by atoms with Crippen LogP contribution in [0.5, 0.6) is 5.75 Å². The number of ether oxygens (including phenoxy) is 1. The first-order chi connectivity index (χ1) is 13.0. The number of hydrogen-bond donors (Lipinski definition) is 0. The summed E-state index contributed by atoms with van der Waals surface area (Å²) in [6.45, 7) is 7.26. The van der Waals surface area contributed by atoms with Gasteiger partial charge in [0, 0.05) is 36.8 Å². The molecule has 0 fully saturated rings. The first kappa shape index (κ1) is 18.7. The van der Waals surface area contributed by atoms with Crippen LogP contribution < -0.4 is 4.74 Å². The molecule has 5 heteroatoms. The standard InChI is InChI=1S/C22H24N2O3/c1-16-8-10-18(11-9-16)27-15-14-23(3)21(25)12-13-24-17(2)19-6-4-5-7-20(19)22(24)26/h4-11H,2,12-15H2,1,3H3. The fourth-order valence-electron chi connectivity index (χ4n) is 3.03. The average molecular weight is 364 g/mol. The molecule has 1 aliphatic heterocycles. The van der Waals surface area contributed by atoms with Crippen molar-refractivity contribution in [3.8, 4) is 5.75 Å². The number of fused-ring (bicyclic) bond motifs is 1. The number of carbonyl (C=O) groups excluding carboxylic acids is 2. The molecule has 0 aliphatic carbocycles. The average Bonchev–Trinajstić information content (AvgIpc) is 2.92. The quantitative estimate of drug-likeness (QED) is 0.757. The molecule has 2 aromatic carbocycles. The predicted octanol–water partition coefficient (Wildman–Crippen LogP) is 3.35. The molecular weight excluding hydrogens is 340 g/mol. The van der Waals surface area contributed by atoms with Gasteiger partial charge in [0.25, 0.3) is 5.91 Å². The van der Waals surface area contributed by atoms with Crippen LogP contribution in [-0.4, -0.2) is 48.4 Å². The van der Waals surface area contributed by atoms with E-state index < -0.39 is 0 Å². The van der Waals surface area contributed by atoms with Crippen molar-refractivity contribution < 1.29 is 14.3 Å². The van der Waals surface area contributed by atoms with Crippen LogP contribution in [0.2, 0.25) is 0 Å². The number of amides is 2. The SMILES string of the molecule is C=C1c2ccccc2C(=O)N1CCC(=O)N(C)CCOc1ccc(C)cc1.